The van der Waals surface area contributed by atoms with Gasteiger partial charge in [-0.15, -0.1) is 0 Å². The molecule has 6 heteroatoms. The number of phenolic OH excluding ortho intramolecular Hbond substituents is 1. The Morgan fingerprint density at radius 3 is 2.33 bits per heavy atom. The number of benzene rings is 2. The molecule has 2 amide bonds. The molecule has 0 unspecified atom stereocenters. The number of carbonyl (C=O) groups is 2. The molecular weight excluding hydrogens is 380 g/mol. The van der Waals surface area contributed by atoms with Crippen LogP contribution in [0, 0.1) is 19.8 Å². The predicted molar refractivity (Wildman–Crippen MR) is 118 cm³/mol. The highest BCUT2D eigenvalue weighted by Gasteiger charge is 2.18. The molecule has 0 atom stereocenters. The van der Waals surface area contributed by atoms with Crippen LogP contribution in [0.3, 0.4) is 0 Å². The Hall–Kier alpha value is -3.02. The van der Waals surface area contributed by atoms with Crippen LogP contribution in [0.15, 0.2) is 30.3 Å². The van der Waals surface area contributed by atoms with Gasteiger partial charge in [0.25, 0.3) is 0 Å². The number of amides is 2. The van der Waals surface area contributed by atoms with E-state index < -0.39 is 0 Å². The quantitative estimate of drug-likeness (QED) is 0.536. The summed E-state index contributed by atoms with van der Waals surface area (Å²) >= 11 is 0. The predicted octanol–water partition coefficient (Wildman–Crippen LogP) is 5.67. The molecule has 0 radical (unpaired) electrons. The molecule has 0 bridgehead atoms. The highest BCUT2D eigenvalue weighted by Crippen LogP contribution is 2.35. The third-order valence-corrected chi connectivity index (χ3v) is 5.44. The van der Waals surface area contributed by atoms with Gasteiger partial charge in [-0.1, -0.05) is 19.3 Å². The van der Waals surface area contributed by atoms with E-state index in [1.807, 2.05) is 26.0 Å². The monoisotopic (exact) mass is 410 g/mol. The van der Waals surface area contributed by atoms with E-state index in [9.17, 15) is 14.7 Å². The van der Waals surface area contributed by atoms with Gasteiger partial charge in [-0.25, -0.2) is 0 Å². The van der Waals surface area contributed by atoms with E-state index in [0.29, 0.717) is 35.2 Å². The van der Waals surface area contributed by atoms with Crippen molar-refractivity contribution in [3.05, 3.63) is 41.5 Å². The minimum absolute atomic E-state index is 0.00814. The van der Waals surface area contributed by atoms with Crippen LogP contribution in [0.2, 0.25) is 0 Å². The smallest absolute Gasteiger partial charge is 0.224 e. The van der Waals surface area contributed by atoms with Crippen molar-refractivity contribution in [1.82, 2.24) is 0 Å². The summed E-state index contributed by atoms with van der Waals surface area (Å²) in [5.74, 6) is 1.41. The van der Waals surface area contributed by atoms with Gasteiger partial charge < -0.3 is 20.5 Å². The van der Waals surface area contributed by atoms with Crippen LogP contribution < -0.4 is 15.4 Å². The molecule has 1 saturated carbocycles. The van der Waals surface area contributed by atoms with Gasteiger partial charge in [0.2, 0.25) is 11.8 Å². The Morgan fingerprint density at radius 1 is 1.03 bits per heavy atom. The van der Waals surface area contributed by atoms with Gasteiger partial charge in [0, 0.05) is 25.1 Å². The third-order valence-electron chi connectivity index (χ3n) is 5.44. The minimum Gasteiger partial charge on any atom is -0.506 e. The number of ether oxygens (including phenoxy) is 1. The Labute approximate surface area is 177 Å². The second-order valence-corrected chi connectivity index (χ2v) is 8.16. The van der Waals surface area contributed by atoms with E-state index in [1.54, 1.807) is 12.1 Å². The molecule has 0 aliphatic heterocycles. The fourth-order valence-corrected chi connectivity index (χ4v) is 4.04. The number of rotatable bonds is 6. The van der Waals surface area contributed by atoms with Crippen LogP contribution in [0.4, 0.5) is 11.4 Å². The summed E-state index contributed by atoms with van der Waals surface area (Å²) in [7, 11) is 0. The van der Waals surface area contributed by atoms with Gasteiger partial charge in [-0.05, 0) is 68.0 Å². The lowest BCUT2D eigenvalue weighted by atomic mass is 9.87. The van der Waals surface area contributed by atoms with Gasteiger partial charge in [0.1, 0.15) is 17.2 Å². The zero-order valence-corrected chi connectivity index (χ0v) is 17.9. The largest absolute Gasteiger partial charge is 0.506 e. The normalized spacial score (nSPS) is 14.2. The van der Waals surface area contributed by atoms with Gasteiger partial charge in [-0.3, -0.25) is 9.59 Å². The minimum atomic E-state index is -0.130. The Kier molecular flexibility index (Phi) is 6.98. The average molecular weight is 411 g/mol. The van der Waals surface area contributed by atoms with E-state index in [0.717, 1.165) is 24.0 Å². The van der Waals surface area contributed by atoms with Crippen molar-refractivity contribution in [2.45, 2.75) is 59.3 Å². The maximum atomic E-state index is 12.4. The van der Waals surface area contributed by atoms with Crippen molar-refractivity contribution in [2.75, 3.05) is 10.6 Å². The Balaban J connectivity index is 1.72. The molecule has 3 N–H and O–H groups in total. The highest BCUT2D eigenvalue weighted by atomic mass is 16.5. The topological polar surface area (TPSA) is 87.7 Å². The summed E-state index contributed by atoms with van der Waals surface area (Å²) in [6, 6.07) is 8.50. The van der Waals surface area contributed by atoms with Crippen molar-refractivity contribution >= 4 is 23.2 Å². The molecule has 0 aromatic heterocycles. The first-order valence-electron chi connectivity index (χ1n) is 10.5. The number of hydrogen-bond acceptors (Lipinski definition) is 4. The zero-order chi connectivity index (χ0) is 21.7. The number of phenols is 1. The summed E-state index contributed by atoms with van der Waals surface area (Å²) in [6.45, 7) is 5.28. The number of hydrogen-bond donors (Lipinski definition) is 3. The molecule has 6 nitrogen and oxygen atoms in total. The standard InChI is InChI=1S/C24H30N2O4/c1-15-11-19(25-17(3)27)12-16(2)24(15)30-20-9-10-22(28)21(14-20)26-23(29)13-18-7-5-4-6-8-18/h9-12,14,18,28H,4-8,13H2,1-3H3,(H,25,27)(H,26,29). The van der Waals surface area contributed by atoms with Gasteiger partial charge in [0.05, 0.1) is 5.69 Å². The van der Waals surface area contributed by atoms with Crippen molar-refractivity contribution < 1.29 is 19.4 Å². The maximum absolute atomic E-state index is 12.4. The molecular formula is C24H30N2O4. The molecule has 2 aromatic rings. The fourth-order valence-electron chi connectivity index (χ4n) is 4.04. The molecule has 1 aliphatic rings. The number of aryl methyl sites for hydroxylation is 2. The second kappa shape index (κ2) is 9.65. The average Bonchev–Trinajstić information content (AvgIpc) is 2.67. The molecule has 30 heavy (non-hydrogen) atoms. The number of carbonyl (C=O) groups excluding carboxylic acids is 2. The van der Waals surface area contributed by atoms with Gasteiger partial charge in [-0.2, -0.15) is 0 Å². The number of anilines is 2. The van der Waals surface area contributed by atoms with Crippen molar-refractivity contribution in [2.24, 2.45) is 5.92 Å². The first-order chi connectivity index (χ1) is 14.3. The van der Waals surface area contributed by atoms with Crippen molar-refractivity contribution in [3.8, 4) is 17.2 Å². The van der Waals surface area contributed by atoms with Gasteiger partial charge in [0.15, 0.2) is 0 Å². The van der Waals surface area contributed by atoms with Crippen molar-refractivity contribution in [1.29, 1.82) is 0 Å². The number of nitrogens with one attached hydrogen (secondary N) is 2. The van der Waals surface area contributed by atoms with Gasteiger partial charge >= 0.3 is 0 Å². The van der Waals surface area contributed by atoms with Crippen LogP contribution in [0.5, 0.6) is 17.2 Å². The first kappa shape index (κ1) is 21.7. The van der Waals surface area contributed by atoms with E-state index in [2.05, 4.69) is 10.6 Å². The van der Waals surface area contributed by atoms with E-state index >= 15 is 0 Å². The van der Waals surface area contributed by atoms with Crippen molar-refractivity contribution in [3.63, 3.8) is 0 Å². The summed E-state index contributed by atoms with van der Waals surface area (Å²) in [4.78, 5) is 23.7. The Morgan fingerprint density at radius 2 is 1.70 bits per heavy atom. The molecule has 1 fully saturated rings. The highest BCUT2D eigenvalue weighted by molar-refractivity contribution is 5.92. The van der Waals surface area contributed by atoms with Crippen LogP contribution in [-0.2, 0) is 9.59 Å². The molecule has 1 aliphatic carbocycles. The maximum Gasteiger partial charge on any atom is 0.224 e. The lowest BCUT2D eigenvalue weighted by molar-refractivity contribution is -0.117. The zero-order valence-electron chi connectivity index (χ0n) is 17.9. The lowest BCUT2D eigenvalue weighted by Gasteiger charge is -2.21. The first-order valence-corrected chi connectivity index (χ1v) is 10.5. The summed E-state index contributed by atoms with van der Waals surface area (Å²) < 4.78 is 6.05. The van der Waals surface area contributed by atoms with E-state index in [4.69, 9.17) is 4.74 Å². The fraction of sp³-hybridized carbons (Fsp3) is 0.417. The van der Waals surface area contributed by atoms with Crippen LogP contribution in [0.25, 0.3) is 0 Å². The second-order valence-electron chi connectivity index (χ2n) is 8.16. The molecule has 3 rings (SSSR count). The summed E-state index contributed by atoms with van der Waals surface area (Å²) in [5.41, 5.74) is 2.80. The van der Waals surface area contributed by atoms with E-state index in [1.165, 1.54) is 32.3 Å². The summed E-state index contributed by atoms with van der Waals surface area (Å²) in [5, 5.41) is 15.8. The molecule has 2 aromatic carbocycles. The third kappa shape index (κ3) is 5.75. The van der Waals surface area contributed by atoms with Crippen LogP contribution >= 0.6 is 0 Å². The molecule has 0 spiro atoms. The SMILES string of the molecule is CC(=O)Nc1cc(C)c(Oc2ccc(O)c(NC(=O)CC3CCCCC3)c2)c(C)c1. The summed E-state index contributed by atoms with van der Waals surface area (Å²) in [6.07, 6.45) is 6.29. The molecule has 0 heterocycles. The Bertz CT molecular complexity index is 910. The van der Waals surface area contributed by atoms with Crippen LogP contribution in [0.1, 0.15) is 56.6 Å². The number of aromatic hydroxyl groups is 1. The molecule has 160 valence electrons. The molecule has 0 saturated heterocycles. The van der Waals surface area contributed by atoms with E-state index in [-0.39, 0.29) is 17.6 Å². The lowest BCUT2D eigenvalue weighted by Crippen LogP contribution is -2.18. The van der Waals surface area contributed by atoms with Crippen LogP contribution in [-0.4, -0.2) is 16.9 Å².